The van der Waals surface area contributed by atoms with Gasteiger partial charge in [0.1, 0.15) is 19.0 Å². The van der Waals surface area contributed by atoms with Gasteiger partial charge >= 0.3 is 11.9 Å². The van der Waals surface area contributed by atoms with Gasteiger partial charge in [-0.05, 0) is 42.0 Å². The second-order valence-corrected chi connectivity index (χ2v) is 5.94. The molecule has 0 heterocycles. The molecular formula is C23H22O5. The van der Waals surface area contributed by atoms with Crippen LogP contribution in [0.2, 0.25) is 0 Å². The Kier molecular flexibility index (Phi) is 7.78. The van der Waals surface area contributed by atoms with E-state index < -0.39 is 11.9 Å². The molecule has 0 aliphatic carbocycles. The number of benzene rings is 3. The molecule has 1 N–H and O–H groups in total. The Morgan fingerprint density at radius 3 is 1.79 bits per heavy atom. The Morgan fingerprint density at radius 1 is 0.857 bits per heavy atom. The Bertz CT molecular complexity index is 879. The summed E-state index contributed by atoms with van der Waals surface area (Å²) in [5.74, 6) is -0.928. The molecule has 0 bridgehead atoms. The van der Waals surface area contributed by atoms with Gasteiger partial charge in [-0.1, -0.05) is 55.1 Å². The molecule has 0 atom stereocenters. The molecule has 3 rings (SSSR count). The van der Waals surface area contributed by atoms with Crippen LogP contribution in [0.15, 0.2) is 84.9 Å². The van der Waals surface area contributed by atoms with E-state index in [0.717, 1.165) is 0 Å². The van der Waals surface area contributed by atoms with E-state index in [9.17, 15) is 9.59 Å². The summed E-state index contributed by atoms with van der Waals surface area (Å²) >= 11 is 0. The zero-order valence-electron chi connectivity index (χ0n) is 15.6. The highest BCUT2D eigenvalue weighted by atomic mass is 16.6. The lowest BCUT2D eigenvalue weighted by Crippen LogP contribution is -2.12. The van der Waals surface area contributed by atoms with E-state index in [2.05, 4.69) is 55.1 Å². The van der Waals surface area contributed by atoms with Gasteiger partial charge in [0, 0.05) is 5.57 Å². The van der Waals surface area contributed by atoms with Crippen LogP contribution in [-0.2, 0) is 9.53 Å². The molecule has 0 aliphatic rings. The fourth-order valence-corrected chi connectivity index (χ4v) is 2.24. The SMILES string of the molecule is C=C(C)C(=O)OCCOc1ccc(C(=O)O)cc1.c1ccc2ccccc2c1. The van der Waals surface area contributed by atoms with Gasteiger partial charge in [-0.25, -0.2) is 9.59 Å². The van der Waals surface area contributed by atoms with E-state index in [0.29, 0.717) is 11.3 Å². The predicted octanol–water partition coefficient (Wildman–Crippen LogP) is 4.72. The van der Waals surface area contributed by atoms with E-state index >= 15 is 0 Å². The van der Waals surface area contributed by atoms with Gasteiger partial charge in [0.2, 0.25) is 0 Å². The van der Waals surface area contributed by atoms with Gasteiger partial charge in [0.15, 0.2) is 0 Å². The molecule has 0 radical (unpaired) electrons. The van der Waals surface area contributed by atoms with Crippen molar-refractivity contribution in [3.63, 3.8) is 0 Å². The van der Waals surface area contributed by atoms with E-state index in [1.54, 1.807) is 19.1 Å². The van der Waals surface area contributed by atoms with Crippen LogP contribution in [-0.4, -0.2) is 30.3 Å². The first kappa shape index (κ1) is 20.7. The fourth-order valence-electron chi connectivity index (χ4n) is 2.24. The standard InChI is InChI=1S/C13H14O5.C10H8/c1-9(2)13(16)18-8-7-17-11-5-3-10(4-6-11)12(14)15;1-2-6-10-8-4-3-7-9(10)5-1/h3-6H,1,7-8H2,2H3,(H,14,15);1-8H. The van der Waals surface area contributed by atoms with Gasteiger partial charge < -0.3 is 14.6 Å². The van der Waals surface area contributed by atoms with E-state index in [1.807, 2.05) is 0 Å². The molecule has 3 aromatic carbocycles. The molecule has 0 saturated carbocycles. The number of esters is 1. The average Bonchev–Trinajstić information content (AvgIpc) is 2.72. The number of carboxylic acid groups (broad SMARTS) is 1. The zero-order chi connectivity index (χ0) is 20.4. The minimum atomic E-state index is -0.989. The summed E-state index contributed by atoms with van der Waals surface area (Å²) < 4.78 is 10.1. The molecule has 28 heavy (non-hydrogen) atoms. The molecular weight excluding hydrogens is 356 g/mol. The van der Waals surface area contributed by atoms with E-state index in [-0.39, 0.29) is 18.8 Å². The van der Waals surface area contributed by atoms with Crippen molar-refractivity contribution >= 4 is 22.7 Å². The van der Waals surface area contributed by atoms with Crippen molar-refractivity contribution < 1.29 is 24.2 Å². The smallest absolute Gasteiger partial charge is 0.335 e. The third-order valence-electron chi connectivity index (χ3n) is 3.69. The van der Waals surface area contributed by atoms with Crippen molar-refractivity contribution in [3.8, 4) is 5.75 Å². The average molecular weight is 378 g/mol. The van der Waals surface area contributed by atoms with Crippen LogP contribution in [0.5, 0.6) is 5.75 Å². The van der Waals surface area contributed by atoms with Gasteiger partial charge in [-0.3, -0.25) is 0 Å². The summed E-state index contributed by atoms with van der Waals surface area (Å²) in [5.41, 5.74) is 0.525. The molecule has 0 unspecified atom stereocenters. The highest BCUT2D eigenvalue weighted by molar-refractivity contribution is 5.87. The van der Waals surface area contributed by atoms with Crippen molar-refractivity contribution in [1.29, 1.82) is 0 Å². The van der Waals surface area contributed by atoms with Gasteiger partial charge in [-0.15, -0.1) is 0 Å². The lowest BCUT2D eigenvalue weighted by molar-refractivity contribution is -0.139. The van der Waals surface area contributed by atoms with Crippen LogP contribution < -0.4 is 4.74 Å². The summed E-state index contributed by atoms with van der Waals surface area (Å²) in [6, 6.07) is 22.7. The molecule has 144 valence electrons. The van der Waals surface area contributed by atoms with Crippen molar-refractivity contribution in [1.82, 2.24) is 0 Å². The molecule has 0 aliphatic heterocycles. The molecule has 3 aromatic rings. The normalized spacial score (nSPS) is 9.75. The van der Waals surface area contributed by atoms with Gasteiger partial charge in [0.05, 0.1) is 5.56 Å². The lowest BCUT2D eigenvalue weighted by Gasteiger charge is -2.07. The summed E-state index contributed by atoms with van der Waals surface area (Å²) in [5, 5.41) is 11.3. The van der Waals surface area contributed by atoms with Crippen LogP contribution >= 0.6 is 0 Å². The Labute approximate surface area is 163 Å². The number of carboxylic acids is 1. The van der Waals surface area contributed by atoms with Crippen LogP contribution in [0.3, 0.4) is 0 Å². The highest BCUT2D eigenvalue weighted by Crippen LogP contribution is 2.12. The minimum Gasteiger partial charge on any atom is -0.490 e. The van der Waals surface area contributed by atoms with Crippen LogP contribution in [0.1, 0.15) is 17.3 Å². The third kappa shape index (κ3) is 6.61. The van der Waals surface area contributed by atoms with Gasteiger partial charge in [-0.2, -0.15) is 0 Å². The first-order valence-electron chi connectivity index (χ1n) is 8.70. The maximum absolute atomic E-state index is 11.0. The molecule has 0 aromatic heterocycles. The second-order valence-electron chi connectivity index (χ2n) is 5.94. The Balaban J connectivity index is 0.000000233. The monoisotopic (exact) mass is 378 g/mol. The maximum Gasteiger partial charge on any atom is 0.335 e. The topological polar surface area (TPSA) is 72.8 Å². The van der Waals surface area contributed by atoms with Crippen LogP contribution in [0.25, 0.3) is 10.8 Å². The largest absolute Gasteiger partial charge is 0.490 e. The first-order valence-corrected chi connectivity index (χ1v) is 8.70. The number of rotatable bonds is 6. The number of hydrogen-bond acceptors (Lipinski definition) is 4. The molecule has 0 spiro atoms. The fraction of sp³-hybridized carbons (Fsp3) is 0.130. The van der Waals surface area contributed by atoms with Crippen molar-refractivity contribution in [3.05, 3.63) is 90.5 Å². The van der Waals surface area contributed by atoms with E-state index in [4.69, 9.17) is 14.6 Å². The highest BCUT2D eigenvalue weighted by Gasteiger charge is 2.04. The summed E-state index contributed by atoms with van der Waals surface area (Å²) in [6.45, 7) is 5.33. The molecule has 5 heteroatoms. The number of carbonyl (C=O) groups is 2. The van der Waals surface area contributed by atoms with Crippen molar-refractivity contribution in [2.24, 2.45) is 0 Å². The van der Waals surface area contributed by atoms with Gasteiger partial charge in [0.25, 0.3) is 0 Å². The third-order valence-corrected chi connectivity index (χ3v) is 3.69. The predicted molar refractivity (Wildman–Crippen MR) is 109 cm³/mol. The maximum atomic E-state index is 11.0. The Morgan fingerprint density at radius 2 is 1.36 bits per heavy atom. The number of fused-ring (bicyclic) bond motifs is 1. The molecule has 5 nitrogen and oxygen atoms in total. The minimum absolute atomic E-state index is 0.117. The summed E-state index contributed by atoms with van der Waals surface area (Å²) in [4.78, 5) is 21.6. The van der Waals surface area contributed by atoms with E-state index in [1.165, 1.54) is 22.9 Å². The van der Waals surface area contributed by atoms with Crippen LogP contribution in [0, 0.1) is 0 Å². The van der Waals surface area contributed by atoms with Crippen molar-refractivity contribution in [2.45, 2.75) is 6.92 Å². The molecule has 0 fully saturated rings. The summed E-state index contributed by atoms with van der Waals surface area (Å²) in [6.07, 6.45) is 0. The first-order chi connectivity index (χ1) is 13.5. The summed E-state index contributed by atoms with van der Waals surface area (Å²) in [7, 11) is 0. The van der Waals surface area contributed by atoms with Crippen LogP contribution in [0.4, 0.5) is 0 Å². The van der Waals surface area contributed by atoms with Crippen molar-refractivity contribution in [2.75, 3.05) is 13.2 Å². The number of hydrogen-bond donors (Lipinski definition) is 1. The molecule has 0 saturated heterocycles. The number of aromatic carboxylic acids is 1. The zero-order valence-corrected chi connectivity index (χ0v) is 15.6. The quantitative estimate of drug-likeness (QED) is 0.382. The molecule has 0 amide bonds. The lowest BCUT2D eigenvalue weighted by atomic mass is 10.1. The second kappa shape index (κ2) is 10.5. The number of carbonyl (C=O) groups excluding carboxylic acids is 1. The Hall–Kier alpha value is -3.60. The number of ether oxygens (including phenoxy) is 2.